The van der Waals surface area contributed by atoms with Gasteiger partial charge in [0.15, 0.2) is 0 Å². The molecule has 1 saturated carbocycles. The summed E-state index contributed by atoms with van der Waals surface area (Å²) in [7, 11) is 0. The van der Waals surface area contributed by atoms with Crippen LogP contribution in [0.5, 0.6) is 0 Å². The predicted molar refractivity (Wildman–Crippen MR) is 126 cm³/mol. The number of nitrogens with zero attached hydrogens (tertiary/aromatic N) is 3. The number of nitrogens with one attached hydrogen (secondary N) is 1. The van der Waals surface area contributed by atoms with Gasteiger partial charge in [0.05, 0.1) is 5.56 Å². The van der Waals surface area contributed by atoms with Crippen LogP contribution in [0.2, 0.25) is 0 Å². The fourth-order valence-corrected chi connectivity index (χ4v) is 4.62. The van der Waals surface area contributed by atoms with Crippen molar-refractivity contribution in [1.82, 2.24) is 14.8 Å². The second kappa shape index (κ2) is 10.00. The van der Waals surface area contributed by atoms with Gasteiger partial charge in [-0.3, -0.25) is 19.5 Å². The van der Waals surface area contributed by atoms with Crippen LogP contribution < -0.4 is 5.32 Å². The number of piperazine rings is 1. The minimum absolute atomic E-state index is 0.116. The van der Waals surface area contributed by atoms with Crippen molar-refractivity contribution in [2.24, 2.45) is 11.8 Å². The third kappa shape index (κ3) is 5.41. The van der Waals surface area contributed by atoms with Crippen LogP contribution in [0.3, 0.4) is 0 Å². The SMILES string of the molecule is Cc1ccc(C(=O)Nc2cc(F)cc(CN3CCN(C(=O)C(C)C4CCC4)CC3)c2C)cn1. The molecule has 7 heteroatoms. The number of halogens is 1. The molecule has 2 aliphatic rings. The number of amides is 2. The molecule has 1 aromatic carbocycles. The van der Waals surface area contributed by atoms with E-state index in [4.69, 9.17) is 0 Å². The van der Waals surface area contributed by atoms with Gasteiger partial charge in [-0.15, -0.1) is 0 Å². The zero-order valence-electron chi connectivity index (χ0n) is 19.7. The summed E-state index contributed by atoms with van der Waals surface area (Å²) in [5.41, 5.74) is 3.42. The number of hydrogen-bond acceptors (Lipinski definition) is 4. The Kier molecular flexibility index (Phi) is 7.08. The lowest BCUT2D eigenvalue weighted by Crippen LogP contribution is -2.50. The number of anilines is 1. The standard InChI is InChI=1S/C26H33FN4O2/c1-17-7-8-21(15-28-17)25(32)29-24-14-23(27)13-22(18(24)2)16-30-9-11-31(12-10-30)26(33)19(3)20-5-4-6-20/h7-8,13-15,19-20H,4-6,9-12,16H2,1-3H3,(H,29,32). The zero-order valence-corrected chi connectivity index (χ0v) is 19.7. The molecule has 1 unspecified atom stereocenters. The average molecular weight is 453 g/mol. The van der Waals surface area contributed by atoms with Crippen LogP contribution in [0, 0.1) is 31.5 Å². The highest BCUT2D eigenvalue weighted by Crippen LogP contribution is 2.34. The van der Waals surface area contributed by atoms with Crippen molar-refractivity contribution in [3.63, 3.8) is 0 Å². The van der Waals surface area contributed by atoms with Crippen LogP contribution in [0.15, 0.2) is 30.5 Å². The first-order valence-corrected chi connectivity index (χ1v) is 11.9. The van der Waals surface area contributed by atoms with E-state index in [-0.39, 0.29) is 23.5 Å². The molecule has 4 rings (SSSR count). The fraction of sp³-hybridized carbons (Fsp3) is 0.500. The summed E-state index contributed by atoms with van der Waals surface area (Å²) in [4.78, 5) is 33.8. The predicted octanol–water partition coefficient (Wildman–Crippen LogP) is 4.17. The van der Waals surface area contributed by atoms with Gasteiger partial charge >= 0.3 is 0 Å². The van der Waals surface area contributed by atoms with E-state index >= 15 is 0 Å². The Hall–Kier alpha value is -2.80. The van der Waals surface area contributed by atoms with Crippen molar-refractivity contribution >= 4 is 17.5 Å². The lowest BCUT2D eigenvalue weighted by atomic mass is 9.76. The van der Waals surface area contributed by atoms with Gasteiger partial charge < -0.3 is 10.2 Å². The van der Waals surface area contributed by atoms with Gasteiger partial charge in [0.1, 0.15) is 5.82 Å². The van der Waals surface area contributed by atoms with Crippen molar-refractivity contribution in [2.75, 3.05) is 31.5 Å². The maximum absolute atomic E-state index is 14.4. The minimum atomic E-state index is -0.379. The maximum atomic E-state index is 14.4. The number of benzene rings is 1. The second-order valence-corrected chi connectivity index (χ2v) is 9.46. The smallest absolute Gasteiger partial charge is 0.257 e. The van der Waals surface area contributed by atoms with Crippen molar-refractivity contribution in [3.8, 4) is 0 Å². The van der Waals surface area contributed by atoms with Gasteiger partial charge in [0, 0.05) is 56.2 Å². The number of aromatic nitrogens is 1. The molecule has 2 fully saturated rings. The minimum Gasteiger partial charge on any atom is -0.340 e. The first-order chi connectivity index (χ1) is 15.8. The van der Waals surface area contributed by atoms with Gasteiger partial charge in [0.2, 0.25) is 5.91 Å². The van der Waals surface area contributed by atoms with E-state index in [9.17, 15) is 14.0 Å². The lowest BCUT2D eigenvalue weighted by molar-refractivity contribution is -0.139. The lowest BCUT2D eigenvalue weighted by Gasteiger charge is -2.39. The number of carbonyl (C=O) groups is 2. The molecule has 1 aromatic heterocycles. The highest BCUT2D eigenvalue weighted by molar-refractivity contribution is 6.04. The number of aryl methyl sites for hydroxylation is 1. The third-order valence-corrected chi connectivity index (χ3v) is 7.23. The molecule has 0 bridgehead atoms. The molecule has 1 saturated heterocycles. The van der Waals surface area contributed by atoms with Crippen molar-refractivity contribution in [2.45, 2.75) is 46.6 Å². The summed E-state index contributed by atoms with van der Waals surface area (Å²) in [5, 5.41) is 2.83. The summed E-state index contributed by atoms with van der Waals surface area (Å²) >= 11 is 0. The topological polar surface area (TPSA) is 65.5 Å². The van der Waals surface area contributed by atoms with Crippen LogP contribution in [0.25, 0.3) is 0 Å². The molecule has 2 amide bonds. The molecular formula is C26H33FN4O2. The molecular weight excluding hydrogens is 419 g/mol. The molecule has 2 heterocycles. The largest absolute Gasteiger partial charge is 0.340 e. The first kappa shape index (κ1) is 23.4. The summed E-state index contributed by atoms with van der Waals surface area (Å²) in [6.45, 7) is 9.33. The van der Waals surface area contributed by atoms with E-state index in [0.29, 0.717) is 36.8 Å². The van der Waals surface area contributed by atoms with E-state index in [1.54, 1.807) is 12.1 Å². The molecule has 0 radical (unpaired) electrons. The number of hydrogen-bond donors (Lipinski definition) is 1. The molecule has 1 aliphatic carbocycles. The first-order valence-electron chi connectivity index (χ1n) is 11.9. The van der Waals surface area contributed by atoms with Crippen molar-refractivity contribution in [3.05, 3.63) is 58.7 Å². The van der Waals surface area contributed by atoms with E-state index in [2.05, 4.69) is 22.1 Å². The Balaban J connectivity index is 1.37. The highest BCUT2D eigenvalue weighted by Gasteiger charge is 2.33. The Morgan fingerprint density at radius 1 is 1.15 bits per heavy atom. The molecule has 2 aromatic rings. The molecule has 1 aliphatic heterocycles. The number of carbonyl (C=O) groups excluding carboxylic acids is 2. The fourth-order valence-electron chi connectivity index (χ4n) is 4.62. The van der Waals surface area contributed by atoms with Gasteiger partial charge in [-0.2, -0.15) is 0 Å². The zero-order chi connectivity index (χ0) is 23.5. The molecule has 0 spiro atoms. The molecule has 1 N–H and O–H groups in total. The van der Waals surface area contributed by atoms with Crippen LogP contribution in [-0.2, 0) is 11.3 Å². The summed E-state index contributed by atoms with van der Waals surface area (Å²) in [5.74, 6) is 0.253. The monoisotopic (exact) mass is 452 g/mol. The highest BCUT2D eigenvalue weighted by atomic mass is 19.1. The Morgan fingerprint density at radius 2 is 1.88 bits per heavy atom. The van der Waals surface area contributed by atoms with Gasteiger partial charge in [-0.05, 0) is 68.0 Å². The van der Waals surface area contributed by atoms with Gasteiger partial charge in [-0.1, -0.05) is 13.3 Å². The van der Waals surface area contributed by atoms with Crippen LogP contribution in [0.1, 0.15) is 53.4 Å². The van der Waals surface area contributed by atoms with E-state index in [1.165, 1.54) is 37.6 Å². The molecule has 176 valence electrons. The van der Waals surface area contributed by atoms with Gasteiger partial charge in [0.25, 0.3) is 5.91 Å². The van der Waals surface area contributed by atoms with Crippen molar-refractivity contribution < 1.29 is 14.0 Å². The maximum Gasteiger partial charge on any atom is 0.257 e. The third-order valence-electron chi connectivity index (χ3n) is 7.23. The van der Waals surface area contributed by atoms with E-state index in [1.807, 2.05) is 18.7 Å². The van der Waals surface area contributed by atoms with E-state index in [0.717, 1.165) is 29.9 Å². The normalized spacial score (nSPS) is 18.0. The van der Waals surface area contributed by atoms with Crippen LogP contribution in [0.4, 0.5) is 10.1 Å². The number of pyridine rings is 1. The Bertz CT molecular complexity index is 1010. The van der Waals surface area contributed by atoms with Gasteiger partial charge in [-0.25, -0.2) is 4.39 Å². The molecule has 6 nitrogen and oxygen atoms in total. The summed E-state index contributed by atoms with van der Waals surface area (Å²) in [6.07, 6.45) is 5.11. The molecule has 33 heavy (non-hydrogen) atoms. The van der Waals surface area contributed by atoms with E-state index < -0.39 is 0 Å². The molecule has 1 atom stereocenters. The van der Waals surface area contributed by atoms with Crippen LogP contribution >= 0.6 is 0 Å². The Labute approximate surface area is 195 Å². The average Bonchev–Trinajstić information content (AvgIpc) is 2.76. The van der Waals surface area contributed by atoms with Crippen LogP contribution in [-0.4, -0.2) is 52.8 Å². The number of rotatable bonds is 6. The quantitative estimate of drug-likeness (QED) is 0.715. The second-order valence-electron chi connectivity index (χ2n) is 9.46. The summed E-state index contributed by atoms with van der Waals surface area (Å²) in [6, 6.07) is 6.38. The summed E-state index contributed by atoms with van der Waals surface area (Å²) < 4.78 is 14.4. The van der Waals surface area contributed by atoms with Crippen molar-refractivity contribution in [1.29, 1.82) is 0 Å². The Morgan fingerprint density at radius 3 is 2.48 bits per heavy atom.